The normalized spacial score (nSPS) is 23.9. The highest BCUT2D eigenvalue weighted by molar-refractivity contribution is 6.41. The van der Waals surface area contributed by atoms with Crippen molar-refractivity contribution in [3.8, 4) is 0 Å². The lowest BCUT2D eigenvalue weighted by Crippen LogP contribution is -2.59. The summed E-state index contributed by atoms with van der Waals surface area (Å²) in [6, 6.07) is 11.1. The lowest BCUT2D eigenvalue weighted by atomic mass is 9.91. The number of hydrogen-bond donors (Lipinski definition) is 3. The van der Waals surface area contributed by atoms with Gasteiger partial charge >= 0.3 is 0 Å². The fraction of sp³-hybridized carbons (Fsp3) is 0.429. The third kappa shape index (κ3) is 5.22. The number of carbonyl (C=O) groups is 2. The molecule has 2 fully saturated rings. The van der Waals surface area contributed by atoms with Crippen LogP contribution in [0.3, 0.4) is 0 Å². The number of H-pyrrole nitrogens is 1. The number of ether oxygens (including phenoxy) is 1. The summed E-state index contributed by atoms with van der Waals surface area (Å²) in [5.41, 5.74) is 1.87. The average Bonchev–Trinajstić information content (AvgIpc) is 3.64. The second kappa shape index (κ2) is 10.8. The molecule has 40 heavy (non-hydrogen) atoms. The number of benzene rings is 1. The van der Waals surface area contributed by atoms with Crippen molar-refractivity contribution in [2.75, 3.05) is 26.7 Å². The molecule has 5 heterocycles. The molecule has 1 aromatic carbocycles. The maximum absolute atomic E-state index is 13.9. The molecule has 0 bridgehead atoms. The van der Waals surface area contributed by atoms with Crippen molar-refractivity contribution in [2.45, 2.75) is 50.2 Å². The van der Waals surface area contributed by atoms with E-state index in [4.69, 9.17) is 32.9 Å². The van der Waals surface area contributed by atoms with Crippen molar-refractivity contribution in [3.05, 3.63) is 81.1 Å². The van der Waals surface area contributed by atoms with E-state index in [1.165, 1.54) is 6.07 Å². The second-order valence-corrected chi connectivity index (χ2v) is 11.8. The van der Waals surface area contributed by atoms with Crippen LogP contribution in [-0.4, -0.2) is 74.9 Å². The third-order valence-electron chi connectivity index (χ3n) is 7.99. The molecule has 10 nitrogen and oxygen atoms in total. The zero-order valence-corrected chi connectivity index (χ0v) is 23.8. The molecule has 0 spiro atoms. The Morgan fingerprint density at radius 3 is 2.67 bits per heavy atom. The molecule has 210 valence electrons. The molecule has 0 unspecified atom stereocenters. The zero-order chi connectivity index (χ0) is 28.0. The summed E-state index contributed by atoms with van der Waals surface area (Å²) >= 11 is 12.1. The topological polar surface area (TPSA) is 115 Å². The van der Waals surface area contributed by atoms with Gasteiger partial charge in [0.2, 0.25) is 5.91 Å². The van der Waals surface area contributed by atoms with Gasteiger partial charge in [0.1, 0.15) is 16.4 Å². The number of rotatable bonds is 7. The molecule has 2 saturated heterocycles. The van der Waals surface area contributed by atoms with Crippen molar-refractivity contribution in [1.29, 1.82) is 0 Å². The fourth-order valence-corrected chi connectivity index (χ4v) is 5.94. The van der Waals surface area contributed by atoms with Crippen molar-refractivity contribution < 1.29 is 14.3 Å². The molecular formula is C28H31Cl2N7O3. The fourth-order valence-electron chi connectivity index (χ4n) is 5.63. The third-order valence-corrected chi connectivity index (χ3v) is 8.68. The van der Waals surface area contributed by atoms with Gasteiger partial charge in [0, 0.05) is 50.4 Å². The van der Waals surface area contributed by atoms with Crippen LogP contribution in [0.15, 0.2) is 42.6 Å². The van der Waals surface area contributed by atoms with E-state index < -0.39 is 17.5 Å². The van der Waals surface area contributed by atoms with Crippen LogP contribution < -0.4 is 10.6 Å². The number of nitrogens with one attached hydrogen (secondary N) is 3. The lowest BCUT2D eigenvalue weighted by Gasteiger charge is -2.41. The van der Waals surface area contributed by atoms with Crippen LogP contribution in [0.25, 0.3) is 0 Å². The largest absolute Gasteiger partial charge is 0.370 e. The average molecular weight is 585 g/mol. The van der Waals surface area contributed by atoms with E-state index in [1.807, 2.05) is 43.5 Å². The Morgan fingerprint density at radius 2 is 1.98 bits per heavy atom. The number of nitrogens with zero attached hydrogens (tertiary/aromatic N) is 4. The highest BCUT2D eigenvalue weighted by atomic mass is 35.5. The molecule has 0 aliphatic carbocycles. The molecule has 0 saturated carbocycles. The highest BCUT2D eigenvalue weighted by Gasteiger charge is 2.49. The maximum Gasteiger partial charge on any atom is 0.268 e. The molecule has 3 aliphatic heterocycles. The molecular weight excluding hydrogens is 553 g/mol. The molecule has 3 N–H and O–H groups in total. The minimum atomic E-state index is -1.33. The first-order chi connectivity index (χ1) is 19.2. The number of hydrogen-bond acceptors (Lipinski definition) is 7. The van der Waals surface area contributed by atoms with Gasteiger partial charge in [-0.3, -0.25) is 14.5 Å². The molecule has 3 aromatic rings. The number of aromatic nitrogens is 3. The summed E-state index contributed by atoms with van der Waals surface area (Å²) in [4.78, 5) is 44.0. The minimum Gasteiger partial charge on any atom is -0.370 e. The van der Waals surface area contributed by atoms with E-state index in [-0.39, 0.29) is 40.9 Å². The first-order valence-electron chi connectivity index (χ1n) is 13.3. The molecule has 6 rings (SSSR count). The van der Waals surface area contributed by atoms with Crippen LogP contribution in [0, 0.1) is 0 Å². The molecule has 0 radical (unpaired) electrons. The molecule has 2 amide bonds. The van der Waals surface area contributed by atoms with Crippen LogP contribution in [0.4, 0.5) is 0 Å². The van der Waals surface area contributed by atoms with Crippen LogP contribution in [0.1, 0.15) is 58.6 Å². The molecule has 2 aromatic heterocycles. The molecule has 3 aliphatic rings. The van der Waals surface area contributed by atoms with Crippen molar-refractivity contribution in [1.82, 2.24) is 35.4 Å². The number of aromatic amines is 1. The highest BCUT2D eigenvalue weighted by Crippen LogP contribution is 2.36. The van der Waals surface area contributed by atoms with Gasteiger partial charge < -0.3 is 25.3 Å². The van der Waals surface area contributed by atoms with Crippen molar-refractivity contribution in [2.24, 2.45) is 0 Å². The Balaban J connectivity index is 1.19. The standard InChI is InChI=1S/C28H31Cl2N7O3/c1-16(25-31-10-18-11-37(14-22(18)34-25)19-12-36(2)13-19)32-27(39)28(35-26(38)21-8-20(29)24(30)33-21)9-23(40-15-28)17-6-4-3-5-7-17/h3-8,10,16,19,23,33H,9,11-15H2,1-2H3,(H,32,39)(H,35,38)/t16-,23-,28+/m0/s1. The number of halogens is 2. The predicted molar refractivity (Wildman–Crippen MR) is 150 cm³/mol. The lowest BCUT2D eigenvalue weighted by molar-refractivity contribution is -0.128. The summed E-state index contributed by atoms with van der Waals surface area (Å²) in [5, 5.41) is 6.32. The number of fused-ring (bicyclic) bond motifs is 1. The Hall–Kier alpha value is -3.02. The van der Waals surface area contributed by atoms with E-state index in [1.54, 1.807) is 0 Å². The number of likely N-dealkylation sites (N-methyl/N-ethyl adjacent to an activating group) is 1. The van der Waals surface area contributed by atoms with Gasteiger partial charge in [-0.15, -0.1) is 0 Å². The quantitative estimate of drug-likeness (QED) is 0.391. The van der Waals surface area contributed by atoms with Gasteiger partial charge in [-0.25, -0.2) is 9.97 Å². The van der Waals surface area contributed by atoms with Gasteiger partial charge in [-0.1, -0.05) is 53.5 Å². The van der Waals surface area contributed by atoms with Gasteiger partial charge in [-0.2, -0.15) is 0 Å². The van der Waals surface area contributed by atoms with Gasteiger partial charge in [-0.05, 0) is 25.6 Å². The number of likely N-dealkylation sites (tertiary alicyclic amines) is 1. The van der Waals surface area contributed by atoms with E-state index in [0.29, 0.717) is 11.9 Å². The number of carbonyl (C=O) groups excluding carboxylic acids is 2. The van der Waals surface area contributed by atoms with E-state index >= 15 is 0 Å². The van der Waals surface area contributed by atoms with Crippen LogP contribution >= 0.6 is 23.2 Å². The van der Waals surface area contributed by atoms with Crippen LogP contribution in [-0.2, 0) is 22.6 Å². The Kier molecular flexibility index (Phi) is 7.30. The SMILES string of the molecule is C[C@H](NC(=O)[C@]1(NC(=O)c2cc(Cl)c(Cl)[nH]2)CO[C@H](c2ccccc2)C1)c1ncc2c(n1)CN(C1CN(C)C1)C2. The van der Waals surface area contributed by atoms with Gasteiger partial charge in [0.05, 0.1) is 29.5 Å². The van der Waals surface area contributed by atoms with E-state index in [0.717, 1.165) is 43.0 Å². The van der Waals surface area contributed by atoms with Crippen LogP contribution in [0.2, 0.25) is 10.2 Å². The summed E-state index contributed by atoms with van der Waals surface area (Å²) < 4.78 is 6.07. The van der Waals surface area contributed by atoms with Crippen molar-refractivity contribution in [3.63, 3.8) is 0 Å². The Labute approximate surface area is 242 Å². The number of amides is 2. The summed E-state index contributed by atoms with van der Waals surface area (Å²) in [6.45, 7) is 5.57. The summed E-state index contributed by atoms with van der Waals surface area (Å²) in [6.07, 6.45) is 1.74. The van der Waals surface area contributed by atoms with E-state index in [9.17, 15) is 9.59 Å². The van der Waals surface area contributed by atoms with Crippen LogP contribution in [0.5, 0.6) is 0 Å². The first-order valence-corrected chi connectivity index (χ1v) is 14.1. The van der Waals surface area contributed by atoms with E-state index in [2.05, 4.69) is 37.4 Å². The smallest absolute Gasteiger partial charge is 0.268 e. The first kappa shape index (κ1) is 27.2. The Morgan fingerprint density at radius 1 is 1.20 bits per heavy atom. The Bertz CT molecular complexity index is 1410. The molecule has 12 heteroatoms. The summed E-state index contributed by atoms with van der Waals surface area (Å²) in [7, 11) is 2.12. The second-order valence-electron chi connectivity index (χ2n) is 11.0. The summed E-state index contributed by atoms with van der Waals surface area (Å²) in [5.74, 6) is -0.356. The van der Waals surface area contributed by atoms with Gasteiger partial charge in [0.25, 0.3) is 5.91 Å². The monoisotopic (exact) mass is 583 g/mol. The van der Waals surface area contributed by atoms with Gasteiger partial charge in [0.15, 0.2) is 5.82 Å². The minimum absolute atomic E-state index is 0.00509. The predicted octanol–water partition coefficient (Wildman–Crippen LogP) is 3.25. The zero-order valence-electron chi connectivity index (χ0n) is 22.3. The maximum atomic E-state index is 13.9. The van der Waals surface area contributed by atoms with Crippen molar-refractivity contribution >= 4 is 35.0 Å². The molecule has 3 atom stereocenters.